The second-order valence-electron chi connectivity index (χ2n) is 6.42. The molecule has 1 aliphatic carbocycles. The molecule has 1 atom stereocenters. The van der Waals surface area contributed by atoms with Crippen molar-refractivity contribution in [1.82, 2.24) is 0 Å². The monoisotopic (exact) mass is 224 g/mol. The number of hydrogen-bond donors (Lipinski definition) is 0. The summed E-state index contributed by atoms with van der Waals surface area (Å²) in [4.78, 5) is 11.5. The summed E-state index contributed by atoms with van der Waals surface area (Å²) in [6.45, 7) is 11.1. The van der Waals surface area contributed by atoms with Crippen molar-refractivity contribution in [3.63, 3.8) is 0 Å². The van der Waals surface area contributed by atoms with Gasteiger partial charge < -0.3 is 0 Å². The molecule has 0 amide bonds. The molecular weight excluding hydrogens is 200 g/mol. The van der Waals surface area contributed by atoms with E-state index in [9.17, 15) is 4.79 Å². The van der Waals surface area contributed by atoms with Crippen LogP contribution in [0.3, 0.4) is 0 Å². The highest BCUT2D eigenvalue weighted by molar-refractivity contribution is 6.76. The van der Waals surface area contributed by atoms with Crippen LogP contribution >= 0.6 is 0 Å². The van der Waals surface area contributed by atoms with Gasteiger partial charge in [-0.25, -0.2) is 0 Å². The SMILES string of the molecule is CC(=O)C1(C)CC=C(C[Si](C)(C)C)CC1. The van der Waals surface area contributed by atoms with Crippen molar-refractivity contribution in [1.29, 1.82) is 0 Å². The number of ketones is 1. The van der Waals surface area contributed by atoms with Crippen molar-refractivity contribution >= 4 is 13.9 Å². The van der Waals surface area contributed by atoms with E-state index in [1.54, 1.807) is 12.5 Å². The third kappa shape index (κ3) is 3.60. The van der Waals surface area contributed by atoms with E-state index in [0.717, 1.165) is 19.3 Å². The van der Waals surface area contributed by atoms with Gasteiger partial charge in [0.2, 0.25) is 0 Å². The number of allylic oxidation sites excluding steroid dienone is 2. The molecule has 15 heavy (non-hydrogen) atoms. The molecule has 0 heterocycles. The first kappa shape index (κ1) is 12.7. The Morgan fingerprint density at radius 2 is 2.07 bits per heavy atom. The second kappa shape index (κ2) is 4.24. The summed E-state index contributed by atoms with van der Waals surface area (Å²) in [6, 6.07) is 1.31. The van der Waals surface area contributed by atoms with Crippen molar-refractivity contribution in [2.24, 2.45) is 5.41 Å². The lowest BCUT2D eigenvalue weighted by molar-refractivity contribution is -0.126. The van der Waals surface area contributed by atoms with Crippen LogP contribution in [0.5, 0.6) is 0 Å². The first-order valence-corrected chi connectivity index (χ1v) is 9.63. The average Bonchev–Trinajstić information content (AvgIpc) is 2.07. The highest BCUT2D eigenvalue weighted by Crippen LogP contribution is 2.38. The Morgan fingerprint density at radius 3 is 2.40 bits per heavy atom. The van der Waals surface area contributed by atoms with Crippen molar-refractivity contribution in [2.45, 2.75) is 58.8 Å². The predicted octanol–water partition coefficient (Wildman–Crippen LogP) is 4.03. The largest absolute Gasteiger partial charge is 0.299 e. The quantitative estimate of drug-likeness (QED) is 0.522. The first-order valence-electron chi connectivity index (χ1n) is 5.92. The van der Waals surface area contributed by atoms with Gasteiger partial charge in [-0.1, -0.05) is 38.2 Å². The third-order valence-corrected chi connectivity index (χ3v) is 4.96. The number of carbonyl (C=O) groups is 1. The van der Waals surface area contributed by atoms with Gasteiger partial charge in [0.15, 0.2) is 0 Å². The molecule has 0 fully saturated rings. The highest BCUT2D eigenvalue weighted by Gasteiger charge is 2.32. The van der Waals surface area contributed by atoms with Gasteiger partial charge in [-0.15, -0.1) is 0 Å². The van der Waals surface area contributed by atoms with Crippen LogP contribution in [-0.2, 0) is 4.79 Å². The van der Waals surface area contributed by atoms with Crippen molar-refractivity contribution < 1.29 is 4.79 Å². The summed E-state index contributed by atoms with van der Waals surface area (Å²) in [7, 11) is -0.971. The highest BCUT2D eigenvalue weighted by atomic mass is 28.3. The lowest BCUT2D eigenvalue weighted by atomic mass is 9.74. The van der Waals surface area contributed by atoms with Crippen LogP contribution in [0, 0.1) is 5.41 Å². The minimum Gasteiger partial charge on any atom is -0.299 e. The Labute approximate surface area is 95.0 Å². The summed E-state index contributed by atoms with van der Waals surface area (Å²) < 4.78 is 0. The molecule has 0 aliphatic heterocycles. The van der Waals surface area contributed by atoms with Gasteiger partial charge in [0.05, 0.1) is 0 Å². The zero-order valence-electron chi connectivity index (χ0n) is 10.8. The van der Waals surface area contributed by atoms with E-state index in [4.69, 9.17) is 0 Å². The minimum absolute atomic E-state index is 0.0665. The molecule has 0 bridgehead atoms. The Bertz CT molecular complexity index is 285. The molecule has 2 heteroatoms. The van der Waals surface area contributed by atoms with Crippen molar-refractivity contribution in [3.05, 3.63) is 11.6 Å². The van der Waals surface area contributed by atoms with E-state index in [2.05, 4.69) is 32.6 Å². The number of hydrogen-bond acceptors (Lipinski definition) is 1. The molecule has 1 unspecified atom stereocenters. The minimum atomic E-state index is -0.971. The third-order valence-electron chi connectivity index (χ3n) is 3.45. The molecule has 0 aromatic heterocycles. The van der Waals surface area contributed by atoms with E-state index in [-0.39, 0.29) is 5.41 Å². The second-order valence-corrected chi connectivity index (χ2v) is 11.9. The maximum Gasteiger partial charge on any atom is 0.136 e. The molecule has 1 nitrogen and oxygen atoms in total. The van der Waals surface area contributed by atoms with E-state index in [1.165, 1.54) is 6.04 Å². The molecule has 0 spiro atoms. The van der Waals surface area contributed by atoms with Crippen LogP contribution in [0.15, 0.2) is 11.6 Å². The number of Topliss-reactive ketones (excluding diaryl/α,β-unsaturated/α-hetero) is 1. The summed E-state index contributed by atoms with van der Waals surface area (Å²) >= 11 is 0. The summed E-state index contributed by atoms with van der Waals surface area (Å²) in [5.74, 6) is 0.353. The van der Waals surface area contributed by atoms with Crippen LogP contribution in [0.2, 0.25) is 25.7 Å². The van der Waals surface area contributed by atoms with E-state index >= 15 is 0 Å². The van der Waals surface area contributed by atoms with Gasteiger partial charge in [-0.2, -0.15) is 0 Å². The lowest BCUT2D eigenvalue weighted by Crippen LogP contribution is -2.29. The van der Waals surface area contributed by atoms with E-state index in [1.807, 2.05) is 0 Å². The normalized spacial score (nSPS) is 27.4. The van der Waals surface area contributed by atoms with Gasteiger partial charge in [-0.3, -0.25) is 4.79 Å². The van der Waals surface area contributed by atoms with E-state index < -0.39 is 8.07 Å². The molecule has 86 valence electrons. The van der Waals surface area contributed by atoms with Crippen LogP contribution < -0.4 is 0 Å². The zero-order valence-corrected chi connectivity index (χ0v) is 11.8. The standard InChI is InChI=1S/C13H24OSi/c1-11(14)13(2)8-6-12(7-9-13)10-15(3,4)5/h6H,7-10H2,1-5H3. The van der Waals surface area contributed by atoms with Gasteiger partial charge >= 0.3 is 0 Å². The fraction of sp³-hybridized carbons (Fsp3) is 0.769. The van der Waals surface area contributed by atoms with Crippen LogP contribution in [0.1, 0.15) is 33.1 Å². The maximum atomic E-state index is 11.5. The number of rotatable bonds is 3. The smallest absolute Gasteiger partial charge is 0.136 e. The molecule has 0 aromatic carbocycles. The molecule has 0 radical (unpaired) electrons. The van der Waals surface area contributed by atoms with Gasteiger partial charge in [0.1, 0.15) is 5.78 Å². The van der Waals surface area contributed by atoms with Crippen LogP contribution in [-0.4, -0.2) is 13.9 Å². The zero-order chi connectivity index (χ0) is 11.7. The molecular formula is C13H24OSi. The fourth-order valence-electron chi connectivity index (χ4n) is 2.17. The Balaban J connectivity index is 2.63. The topological polar surface area (TPSA) is 17.1 Å². The maximum absolute atomic E-state index is 11.5. The van der Waals surface area contributed by atoms with Crippen LogP contribution in [0.25, 0.3) is 0 Å². The van der Waals surface area contributed by atoms with Gasteiger partial charge in [0, 0.05) is 13.5 Å². The molecule has 1 aliphatic rings. The molecule has 0 aromatic rings. The number of carbonyl (C=O) groups excluding carboxylic acids is 1. The predicted molar refractivity (Wildman–Crippen MR) is 68.9 cm³/mol. The Hall–Kier alpha value is -0.373. The fourth-order valence-corrected chi connectivity index (χ4v) is 3.86. The molecule has 0 N–H and O–H groups in total. The summed E-state index contributed by atoms with van der Waals surface area (Å²) in [6.07, 6.45) is 5.49. The van der Waals surface area contributed by atoms with E-state index in [0.29, 0.717) is 5.78 Å². The molecule has 0 saturated heterocycles. The van der Waals surface area contributed by atoms with Crippen LogP contribution in [0.4, 0.5) is 0 Å². The summed E-state index contributed by atoms with van der Waals surface area (Å²) in [5, 5.41) is 0. The molecule has 0 saturated carbocycles. The van der Waals surface area contributed by atoms with Gasteiger partial charge in [-0.05, 0) is 32.2 Å². The summed E-state index contributed by atoms with van der Waals surface area (Å²) in [5.41, 5.74) is 1.54. The lowest BCUT2D eigenvalue weighted by Gasteiger charge is -2.32. The van der Waals surface area contributed by atoms with Crippen molar-refractivity contribution in [3.8, 4) is 0 Å². The molecule has 1 rings (SSSR count). The Morgan fingerprint density at radius 1 is 1.47 bits per heavy atom. The van der Waals surface area contributed by atoms with Crippen molar-refractivity contribution in [2.75, 3.05) is 0 Å². The Kier molecular flexibility index (Phi) is 3.59. The average molecular weight is 224 g/mol. The first-order chi connectivity index (χ1) is 6.73. The van der Waals surface area contributed by atoms with Gasteiger partial charge in [0.25, 0.3) is 0 Å².